The van der Waals surface area contributed by atoms with Crippen LogP contribution in [0, 0.1) is 22.7 Å². The molecule has 0 unspecified atom stereocenters. The van der Waals surface area contributed by atoms with E-state index in [0.29, 0.717) is 17.8 Å². The monoisotopic (exact) mass is 609 g/mol. The van der Waals surface area contributed by atoms with E-state index in [1.807, 2.05) is 13.8 Å². The molecule has 15 heteroatoms. The Hall–Kier alpha value is -4.65. The number of aliphatic imine (C=N–C) groups is 1. The number of carbonyl (C=O) groups excluding carboxylic acids is 3. The van der Waals surface area contributed by atoms with E-state index in [1.54, 1.807) is 31.1 Å². The van der Waals surface area contributed by atoms with Gasteiger partial charge in [0.05, 0.1) is 40.0 Å². The molecule has 0 aromatic heterocycles. The average molecular weight is 610 g/mol. The Morgan fingerprint density at radius 3 is 2.30 bits per heavy atom. The number of nitrogens with two attached hydrogens (primary N) is 4. The lowest BCUT2D eigenvalue weighted by Crippen LogP contribution is -2.80. The first-order valence-electron chi connectivity index (χ1n) is 13.9. The van der Waals surface area contributed by atoms with Crippen molar-refractivity contribution < 1.29 is 29.7 Å². The number of aliphatic hydroxyl groups is 2. The zero-order valence-electron chi connectivity index (χ0n) is 25.5. The summed E-state index contributed by atoms with van der Waals surface area (Å²) in [5.41, 5.74) is 17.9. The molecule has 1 fully saturated rings. The lowest BCUT2D eigenvalue weighted by atomic mass is 9.47. The number of ketones is 2. The van der Waals surface area contributed by atoms with E-state index in [9.17, 15) is 35.0 Å². The second-order valence-electron chi connectivity index (χ2n) is 12.6. The third-order valence-electron chi connectivity index (χ3n) is 8.60. The molecular weight excluding hydrogens is 570 g/mol. The van der Waals surface area contributed by atoms with Gasteiger partial charge in [0.15, 0.2) is 22.9 Å². The van der Waals surface area contributed by atoms with Gasteiger partial charge in [0.2, 0.25) is 0 Å². The van der Waals surface area contributed by atoms with Crippen molar-refractivity contribution in [2.75, 3.05) is 45.0 Å². The van der Waals surface area contributed by atoms with Crippen molar-refractivity contribution in [3.05, 3.63) is 34.1 Å². The first-order chi connectivity index (χ1) is 20.3. The summed E-state index contributed by atoms with van der Waals surface area (Å²) >= 11 is 0. The summed E-state index contributed by atoms with van der Waals surface area (Å²) in [6, 6.07) is 1.85. The molecule has 0 bridgehead atoms. The molecule has 1 aromatic carbocycles. The van der Waals surface area contributed by atoms with Crippen molar-refractivity contribution in [2.24, 2.45) is 39.3 Å². The SMILES string of the molecule is CC(C)CN=C(N)Nc1cc(N(C)C)c2c(c1O)C(O)=C1C(=O)[C@]3(C#N)C(O)=C(C(N)=O)C(=O)[C@@H](N(C)C)[C@]3(N)C[C@]1(N)C2. The number of anilines is 2. The number of carbonyl (C=O) groups is 3. The van der Waals surface area contributed by atoms with Crippen molar-refractivity contribution >= 4 is 40.6 Å². The number of rotatable bonds is 6. The number of hydrogen-bond acceptors (Lipinski definition) is 12. The molecule has 0 aliphatic heterocycles. The van der Waals surface area contributed by atoms with Crippen LogP contribution in [0.3, 0.4) is 0 Å². The lowest BCUT2D eigenvalue weighted by molar-refractivity contribution is -0.139. The third-order valence-corrected chi connectivity index (χ3v) is 8.60. The van der Waals surface area contributed by atoms with Crippen LogP contribution in [0.4, 0.5) is 11.4 Å². The van der Waals surface area contributed by atoms with Crippen LogP contribution in [0.1, 0.15) is 31.4 Å². The summed E-state index contributed by atoms with van der Waals surface area (Å²) in [6.45, 7) is 4.31. The van der Waals surface area contributed by atoms with Crippen LogP contribution < -0.4 is 33.2 Å². The minimum Gasteiger partial charge on any atom is -0.509 e. The van der Waals surface area contributed by atoms with E-state index >= 15 is 0 Å². The Morgan fingerprint density at radius 2 is 1.80 bits per heavy atom. The van der Waals surface area contributed by atoms with E-state index in [-0.39, 0.29) is 29.5 Å². The fourth-order valence-corrected chi connectivity index (χ4v) is 6.83. The number of aromatic hydroxyl groups is 1. The maximum Gasteiger partial charge on any atom is 0.255 e. The van der Waals surface area contributed by atoms with Gasteiger partial charge in [-0.05, 0) is 44.5 Å². The van der Waals surface area contributed by atoms with Crippen LogP contribution >= 0.6 is 0 Å². The van der Waals surface area contributed by atoms with Crippen LogP contribution in [0.2, 0.25) is 0 Å². The van der Waals surface area contributed by atoms with Gasteiger partial charge in [-0.1, -0.05) is 13.8 Å². The van der Waals surface area contributed by atoms with E-state index in [0.717, 1.165) is 0 Å². The van der Waals surface area contributed by atoms with Gasteiger partial charge in [-0.3, -0.25) is 24.3 Å². The Balaban J connectivity index is 2.07. The van der Waals surface area contributed by atoms with Crippen LogP contribution in [-0.2, 0) is 20.8 Å². The molecule has 4 rings (SSSR count). The van der Waals surface area contributed by atoms with Gasteiger partial charge in [0, 0.05) is 26.3 Å². The molecule has 3 aliphatic carbocycles. The maximum absolute atomic E-state index is 14.5. The first-order valence-corrected chi connectivity index (χ1v) is 13.9. The number of primary amides is 1. The van der Waals surface area contributed by atoms with Gasteiger partial charge in [0.25, 0.3) is 5.91 Å². The van der Waals surface area contributed by atoms with E-state index in [2.05, 4.69) is 10.3 Å². The highest BCUT2D eigenvalue weighted by Crippen LogP contribution is 2.59. The topological polar surface area (TPSA) is 271 Å². The van der Waals surface area contributed by atoms with Crippen molar-refractivity contribution in [1.29, 1.82) is 5.26 Å². The number of phenolic OH excluding ortho intramolecular Hbond substituents is 1. The lowest BCUT2D eigenvalue weighted by Gasteiger charge is -2.58. The van der Waals surface area contributed by atoms with E-state index in [1.165, 1.54) is 19.0 Å². The molecule has 1 saturated carbocycles. The maximum atomic E-state index is 14.5. The number of fused-ring (bicyclic) bond motifs is 3. The van der Waals surface area contributed by atoms with Crippen LogP contribution in [-0.4, -0.2) is 95.5 Å². The summed E-state index contributed by atoms with van der Waals surface area (Å²) in [6.07, 6.45) is -0.640. The number of benzene rings is 1. The number of hydrogen-bond donors (Lipinski definition) is 8. The molecule has 3 aliphatic rings. The summed E-state index contributed by atoms with van der Waals surface area (Å²) < 4.78 is 0. The highest BCUT2D eigenvalue weighted by Gasteiger charge is 2.74. The molecule has 15 nitrogen and oxygen atoms in total. The molecule has 4 atom stereocenters. The van der Waals surface area contributed by atoms with Crippen molar-refractivity contribution in [3.63, 3.8) is 0 Å². The van der Waals surface area contributed by atoms with Gasteiger partial charge in [-0.25, -0.2) is 0 Å². The minimum absolute atomic E-state index is 0.00416. The number of likely N-dealkylation sites (N-methyl/N-ethyl adjacent to an activating group) is 1. The highest BCUT2D eigenvalue weighted by atomic mass is 16.3. The first kappa shape index (κ1) is 32.3. The third kappa shape index (κ3) is 4.28. The van der Waals surface area contributed by atoms with Crippen molar-refractivity contribution in [2.45, 2.75) is 43.8 Å². The Bertz CT molecular complexity index is 1620. The summed E-state index contributed by atoms with van der Waals surface area (Å²) in [5.74, 6) is -5.81. The molecule has 12 N–H and O–H groups in total. The quantitative estimate of drug-likeness (QED) is 0.0863. The number of phenols is 1. The molecule has 0 heterocycles. The molecule has 0 spiro atoms. The second-order valence-corrected chi connectivity index (χ2v) is 12.6. The smallest absolute Gasteiger partial charge is 0.255 e. The van der Waals surface area contributed by atoms with Crippen LogP contribution in [0.15, 0.2) is 28.0 Å². The highest BCUT2D eigenvalue weighted by molar-refractivity contribution is 6.25. The minimum atomic E-state index is -2.74. The summed E-state index contributed by atoms with van der Waals surface area (Å²) in [5, 5.41) is 47.9. The zero-order valence-corrected chi connectivity index (χ0v) is 25.5. The Labute approximate surface area is 254 Å². The van der Waals surface area contributed by atoms with E-state index < -0.39 is 74.8 Å². The molecule has 0 saturated heterocycles. The molecule has 0 radical (unpaired) electrons. The number of nitrogens with zero attached hydrogens (tertiary/aromatic N) is 4. The molecule has 1 aromatic rings. The van der Waals surface area contributed by atoms with Crippen LogP contribution in [0.5, 0.6) is 5.75 Å². The largest absolute Gasteiger partial charge is 0.509 e. The zero-order chi connectivity index (χ0) is 33.3. The predicted molar refractivity (Wildman–Crippen MR) is 163 cm³/mol. The number of amides is 1. The average Bonchev–Trinajstić information content (AvgIpc) is 2.87. The number of guanidine groups is 1. The van der Waals surface area contributed by atoms with Crippen LogP contribution in [0.25, 0.3) is 5.76 Å². The van der Waals surface area contributed by atoms with Crippen molar-refractivity contribution in [3.8, 4) is 11.8 Å². The molecular formula is C29H39N9O6. The number of nitrogens with one attached hydrogen (secondary N) is 1. The molecule has 44 heavy (non-hydrogen) atoms. The molecule has 236 valence electrons. The standard InChI is InChI=1S/C29H39N9O6/c1-12(2)9-35-26(32)36-14-7-15(37(3)4)13-8-27(33)10-29(34)22(38(5)6)21(41)17(25(31)44)23(42)28(29,11-30)24(43)18(27)20(40)16(13)19(14)39/h7,12,22,39-40,42H,8-10,33-34H2,1-6H3,(H2,31,44)(H3,32,35,36)/t22-,27-,28+,29-/m1/s1. The van der Waals surface area contributed by atoms with Gasteiger partial charge >= 0.3 is 0 Å². The number of nitriles is 1. The van der Waals surface area contributed by atoms with E-state index in [4.69, 9.17) is 22.9 Å². The Kier molecular flexibility index (Phi) is 7.71. The van der Waals surface area contributed by atoms with Gasteiger partial charge in [0.1, 0.15) is 22.8 Å². The summed E-state index contributed by atoms with van der Waals surface area (Å²) in [4.78, 5) is 47.7. The number of aliphatic hydroxyl groups excluding tert-OH is 2. The normalized spacial score (nSPS) is 28.5. The second kappa shape index (κ2) is 10.5. The number of Topliss-reactive ketones (excluding diaryl/α,β-unsaturated/α-hetero) is 2. The van der Waals surface area contributed by atoms with Crippen molar-refractivity contribution in [1.82, 2.24) is 4.90 Å². The van der Waals surface area contributed by atoms with Gasteiger partial charge < -0.3 is 48.5 Å². The fraction of sp³-hybridized carbons (Fsp3) is 0.483. The Morgan fingerprint density at radius 1 is 1.18 bits per heavy atom. The summed E-state index contributed by atoms with van der Waals surface area (Å²) in [7, 11) is 6.36. The predicted octanol–water partition coefficient (Wildman–Crippen LogP) is -0.646. The molecule has 1 amide bonds. The fourth-order valence-electron chi connectivity index (χ4n) is 6.83. The van der Waals surface area contributed by atoms with Gasteiger partial charge in [-0.2, -0.15) is 5.26 Å². The van der Waals surface area contributed by atoms with Gasteiger partial charge in [-0.15, -0.1) is 0 Å².